The van der Waals surface area contributed by atoms with Gasteiger partial charge >= 0.3 is 0 Å². The minimum absolute atomic E-state index is 0.197. The fourth-order valence-corrected chi connectivity index (χ4v) is 8.29. The van der Waals surface area contributed by atoms with Crippen LogP contribution in [0.3, 0.4) is 0 Å². The molecular formula is C31H35N2O4+. The molecule has 37 heavy (non-hydrogen) atoms. The Hall–Kier alpha value is -3.28. The van der Waals surface area contributed by atoms with Crippen LogP contribution in [0.2, 0.25) is 0 Å². The molecule has 0 atom stereocenters. The van der Waals surface area contributed by atoms with Gasteiger partial charge in [0.05, 0.1) is 43.4 Å². The van der Waals surface area contributed by atoms with Gasteiger partial charge in [0, 0.05) is 12.5 Å². The lowest BCUT2D eigenvalue weighted by atomic mass is 9.49. The number of fused-ring (bicyclic) bond motifs is 4. The van der Waals surface area contributed by atoms with Crippen LogP contribution < -0.4 is 24.1 Å². The van der Waals surface area contributed by atoms with Crippen LogP contribution in [0.15, 0.2) is 36.5 Å². The van der Waals surface area contributed by atoms with Gasteiger partial charge < -0.3 is 19.5 Å². The van der Waals surface area contributed by atoms with E-state index in [2.05, 4.69) is 40.3 Å². The Morgan fingerprint density at radius 1 is 0.892 bits per heavy atom. The highest BCUT2D eigenvalue weighted by molar-refractivity contribution is 6.06. The maximum Gasteiger partial charge on any atom is 0.230 e. The molecule has 6 heteroatoms. The smallest absolute Gasteiger partial charge is 0.230 e. The summed E-state index contributed by atoms with van der Waals surface area (Å²) in [5.41, 5.74) is 4.13. The van der Waals surface area contributed by atoms with E-state index < -0.39 is 0 Å². The summed E-state index contributed by atoms with van der Waals surface area (Å²) in [5, 5.41) is 5.50. The molecular weight excluding hydrogens is 464 g/mol. The van der Waals surface area contributed by atoms with Crippen LogP contribution in [0.25, 0.3) is 22.0 Å². The van der Waals surface area contributed by atoms with Gasteiger partial charge in [-0.1, -0.05) is 6.07 Å². The van der Waals surface area contributed by atoms with Crippen molar-refractivity contribution < 1.29 is 23.6 Å². The number of nitrogens with one attached hydrogen (secondary N) is 1. The third-order valence-electron chi connectivity index (χ3n) is 9.61. The molecule has 2 heterocycles. The minimum atomic E-state index is -0.210. The second-order valence-corrected chi connectivity index (χ2v) is 11.8. The van der Waals surface area contributed by atoms with E-state index in [-0.39, 0.29) is 11.3 Å². The lowest BCUT2D eigenvalue weighted by molar-refractivity contribution is -0.686. The van der Waals surface area contributed by atoms with Crippen molar-refractivity contribution in [2.75, 3.05) is 26.6 Å². The Morgan fingerprint density at radius 3 is 2.19 bits per heavy atom. The highest BCUT2D eigenvalue weighted by atomic mass is 16.5. The third-order valence-corrected chi connectivity index (χ3v) is 9.61. The lowest BCUT2D eigenvalue weighted by Crippen LogP contribution is -2.51. The van der Waals surface area contributed by atoms with Crippen molar-refractivity contribution in [3.8, 4) is 28.5 Å². The van der Waals surface area contributed by atoms with E-state index in [1.165, 1.54) is 24.8 Å². The van der Waals surface area contributed by atoms with Crippen LogP contribution in [0, 0.1) is 23.2 Å². The average Bonchev–Trinajstić information content (AvgIpc) is 2.90. The second-order valence-electron chi connectivity index (χ2n) is 11.8. The molecule has 6 nitrogen and oxygen atoms in total. The van der Waals surface area contributed by atoms with E-state index in [4.69, 9.17) is 14.2 Å². The molecule has 4 fully saturated rings. The average molecular weight is 500 g/mol. The summed E-state index contributed by atoms with van der Waals surface area (Å²) in [6.45, 7) is 0.854. The van der Waals surface area contributed by atoms with Crippen molar-refractivity contribution in [2.24, 2.45) is 23.2 Å². The number of hydrogen-bond acceptors (Lipinski definition) is 4. The number of amides is 1. The topological polar surface area (TPSA) is 60.7 Å². The quantitative estimate of drug-likeness (QED) is 0.469. The molecule has 1 aliphatic heterocycles. The van der Waals surface area contributed by atoms with E-state index in [1.807, 2.05) is 6.07 Å². The van der Waals surface area contributed by atoms with Crippen molar-refractivity contribution in [3.63, 3.8) is 0 Å². The normalized spacial score (nSPS) is 26.9. The molecule has 0 saturated heterocycles. The molecule has 4 bridgehead atoms. The number of nitrogens with zero attached hydrogens (tertiary/aromatic N) is 1. The van der Waals surface area contributed by atoms with Gasteiger partial charge in [0.15, 0.2) is 24.2 Å². The van der Waals surface area contributed by atoms with Crippen molar-refractivity contribution in [3.05, 3.63) is 42.1 Å². The number of carbonyl (C=O) groups excluding carboxylic acids is 1. The Kier molecular flexibility index (Phi) is 5.18. The van der Waals surface area contributed by atoms with Crippen LogP contribution in [-0.4, -0.2) is 27.2 Å². The Balaban J connectivity index is 1.30. The number of hydrogen-bond donors (Lipinski definition) is 1. The Bertz CT molecular complexity index is 1390. The SMILES string of the molecule is COc1cc2c(cc1OC)-c1cc3ccc(OC)c(NC(=O)C45CC6CC(CC(C6)C4)C5)c3c[n+]1CC2. The molecule has 192 valence electrons. The molecule has 4 saturated carbocycles. The summed E-state index contributed by atoms with van der Waals surface area (Å²) in [6.07, 6.45) is 10.2. The van der Waals surface area contributed by atoms with Crippen molar-refractivity contribution in [2.45, 2.75) is 51.5 Å². The van der Waals surface area contributed by atoms with Gasteiger partial charge in [0.2, 0.25) is 11.6 Å². The molecule has 2 aromatic carbocycles. The first-order valence-electron chi connectivity index (χ1n) is 13.6. The highest BCUT2D eigenvalue weighted by Gasteiger charge is 2.54. The zero-order valence-electron chi connectivity index (χ0n) is 21.9. The van der Waals surface area contributed by atoms with Gasteiger partial charge in [-0.2, -0.15) is 4.57 Å². The van der Waals surface area contributed by atoms with Crippen LogP contribution in [0.5, 0.6) is 17.2 Å². The van der Waals surface area contributed by atoms with Gasteiger partial charge in [-0.05, 0) is 85.4 Å². The summed E-state index contributed by atoms with van der Waals surface area (Å²) in [7, 11) is 5.03. The molecule has 1 aromatic heterocycles. The number of benzene rings is 2. The monoisotopic (exact) mass is 499 g/mol. The molecule has 4 aliphatic carbocycles. The second kappa shape index (κ2) is 8.37. The lowest BCUT2D eigenvalue weighted by Gasteiger charge is -2.55. The third kappa shape index (κ3) is 3.52. The fourth-order valence-electron chi connectivity index (χ4n) is 8.29. The number of pyridine rings is 1. The van der Waals surface area contributed by atoms with Crippen LogP contribution in [0.4, 0.5) is 5.69 Å². The molecule has 1 amide bonds. The summed E-state index contributed by atoms with van der Waals surface area (Å²) in [5.74, 6) is 4.58. The van der Waals surface area contributed by atoms with E-state index in [9.17, 15) is 4.79 Å². The molecule has 0 spiro atoms. The minimum Gasteiger partial charge on any atom is -0.495 e. The van der Waals surface area contributed by atoms with Crippen molar-refractivity contribution >= 4 is 22.4 Å². The van der Waals surface area contributed by atoms with E-state index >= 15 is 0 Å². The van der Waals surface area contributed by atoms with Gasteiger partial charge in [0.25, 0.3) is 0 Å². The molecule has 1 N–H and O–H groups in total. The predicted molar refractivity (Wildman–Crippen MR) is 142 cm³/mol. The van der Waals surface area contributed by atoms with Gasteiger partial charge in [-0.15, -0.1) is 0 Å². The zero-order chi connectivity index (χ0) is 25.3. The predicted octanol–water partition coefficient (Wildman–Crippen LogP) is 5.53. The summed E-state index contributed by atoms with van der Waals surface area (Å²) in [4.78, 5) is 14.0. The first kappa shape index (κ1) is 22.9. The number of rotatable bonds is 5. The first-order chi connectivity index (χ1) is 18.0. The number of carbonyl (C=O) groups is 1. The Morgan fingerprint density at radius 2 is 1.54 bits per heavy atom. The largest absolute Gasteiger partial charge is 0.495 e. The fraction of sp³-hybridized carbons (Fsp3) is 0.484. The summed E-state index contributed by atoms with van der Waals surface area (Å²) >= 11 is 0. The van der Waals surface area contributed by atoms with Crippen LogP contribution >= 0.6 is 0 Å². The van der Waals surface area contributed by atoms with E-state index in [1.54, 1.807) is 21.3 Å². The molecule has 5 aliphatic rings. The van der Waals surface area contributed by atoms with E-state index in [0.29, 0.717) is 5.75 Å². The number of anilines is 1. The van der Waals surface area contributed by atoms with Gasteiger partial charge in [-0.25, -0.2) is 0 Å². The number of methoxy groups -OCH3 is 3. The van der Waals surface area contributed by atoms with Crippen molar-refractivity contribution in [1.29, 1.82) is 0 Å². The molecule has 3 aromatic rings. The molecule has 0 radical (unpaired) electrons. The van der Waals surface area contributed by atoms with Gasteiger partial charge in [-0.3, -0.25) is 4.79 Å². The summed E-state index contributed by atoms with van der Waals surface area (Å²) in [6, 6.07) is 10.5. The maximum absolute atomic E-state index is 14.0. The highest BCUT2D eigenvalue weighted by Crippen LogP contribution is 2.60. The van der Waals surface area contributed by atoms with Crippen molar-refractivity contribution in [1.82, 2.24) is 0 Å². The van der Waals surface area contributed by atoms with Gasteiger partial charge in [0.1, 0.15) is 5.75 Å². The summed E-state index contributed by atoms with van der Waals surface area (Å²) < 4.78 is 19.2. The number of aryl methyl sites for hydroxylation is 2. The molecule has 0 unspecified atom stereocenters. The Labute approximate surface area is 217 Å². The van der Waals surface area contributed by atoms with E-state index in [0.717, 1.165) is 89.2 Å². The van der Waals surface area contributed by atoms with Crippen LogP contribution in [-0.2, 0) is 17.8 Å². The number of ether oxygens (including phenoxy) is 3. The molecule has 8 rings (SSSR count). The number of aromatic nitrogens is 1. The van der Waals surface area contributed by atoms with Crippen LogP contribution in [0.1, 0.15) is 44.1 Å². The zero-order valence-corrected chi connectivity index (χ0v) is 21.9. The standard InChI is InChI=1S/C31H34N2O4/c1-35-26-5-4-21-11-25-23-13-28(37-3)27(36-2)12-22(23)6-7-33(25)17-24(21)29(26)32-30(34)31-14-18-8-19(15-31)10-20(9-18)16-31/h4-5,11-13,17-20H,6-10,14-16H2,1-3H3/p+1. The maximum atomic E-state index is 14.0. The first-order valence-corrected chi connectivity index (χ1v) is 13.6.